The lowest BCUT2D eigenvalue weighted by atomic mass is 10.1. The van der Waals surface area contributed by atoms with Crippen LogP contribution in [0, 0.1) is 0 Å². The first kappa shape index (κ1) is 9.93. The molecule has 0 radical (unpaired) electrons. The van der Waals surface area contributed by atoms with Crippen molar-refractivity contribution >= 4 is 17.8 Å². The second-order valence-electron chi connectivity index (χ2n) is 3.02. The molecule has 0 aliphatic carbocycles. The van der Waals surface area contributed by atoms with Crippen molar-refractivity contribution in [2.75, 3.05) is 0 Å². The second-order valence-corrected chi connectivity index (χ2v) is 4.10. The van der Waals surface area contributed by atoms with E-state index in [2.05, 4.69) is 6.58 Å². The predicted molar refractivity (Wildman–Crippen MR) is 62.0 cm³/mol. The summed E-state index contributed by atoms with van der Waals surface area (Å²) >= 11 is 1.31. The van der Waals surface area contributed by atoms with Crippen molar-refractivity contribution in [2.24, 2.45) is 0 Å². The fraction of sp³-hybridized carbons (Fsp3) is 0. The minimum Gasteiger partial charge on any atom is -0.285 e. The molecule has 0 amide bonds. The van der Waals surface area contributed by atoms with Crippen LogP contribution in [-0.2, 0) is 0 Å². The summed E-state index contributed by atoms with van der Waals surface area (Å²) in [7, 11) is 0. The minimum atomic E-state index is -0.427. The molecule has 3 heteroatoms. The summed E-state index contributed by atoms with van der Waals surface area (Å²) in [4.78, 5) is 23.8. The Kier molecular flexibility index (Phi) is 2.56. The zero-order chi connectivity index (χ0) is 10.8. The van der Waals surface area contributed by atoms with Crippen LogP contribution in [0.2, 0.25) is 0 Å². The summed E-state index contributed by atoms with van der Waals surface area (Å²) < 4.78 is 0. The van der Waals surface area contributed by atoms with Gasteiger partial charge < -0.3 is 0 Å². The molecule has 0 fully saturated rings. The lowest BCUT2D eigenvalue weighted by molar-refractivity contribution is 1.19. The van der Waals surface area contributed by atoms with Gasteiger partial charge in [0.15, 0.2) is 0 Å². The molecule has 0 aliphatic heterocycles. The quantitative estimate of drug-likeness (QED) is 0.737. The average molecular weight is 216 g/mol. The van der Waals surface area contributed by atoms with Crippen molar-refractivity contribution in [3.05, 3.63) is 62.9 Å². The predicted octanol–water partition coefficient (Wildman–Crippen LogP) is 2.08. The van der Waals surface area contributed by atoms with Gasteiger partial charge in [-0.05, 0) is 12.1 Å². The molecule has 0 aromatic heterocycles. The lowest BCUT2D eigenvalue weighted by Crippen LogP contribution is -2.35. The minimum absolute atomic E-state index is 0.404. The molecule has 2 aromatic carbocycles. The van der Waals surface area contributed by atoms with Crippen molar-refractivity contribution in [3.63, 3.8) is 0 Å². The molecule has 0 saturated carbocycles. The molecule has 0 bridgehead atoms. The van der Waals surface area contributed by atoms with E-state index in [0.717, 1.165) is 4.90 Å². The first-order valence-electron chi connectivity index (χ1n) is 4.42. The Balaban J connectivity index is 2.34. The summed E-state index contributed by atoms with van der Waals surface area (Å²) in [5.74, 6) is 0. The van der Waals surface area contributed by atoms with E-state index in [-0.39, 0.29) is 0 Å². The van der Waals surface area contributed by atoms with Crippen molar-refractivity contribution < 1.29 is 0 Å². The first-order valence-corrected chi connectivity index (χ1v) is 5.24. The summed E-state index contributed by atoms with van der Waals surface area (Å²) in [5.41, 5.74) is -0.393. The van der Waals surface area contributed by atoms with Crippen LogP contribution < -0.4 is 10.9 Å². The maximum atomic E-state index is 11.3. The van der Waals surface area contributed by atoms with Crippen LogP contribution in [0.3, 0.4) is 0 Å². The van der Waals surface area contributed by atoms with Crippen LogP contribution in [0.5, 0.6) is 0 Å². The van der Waals surface area contributed by atoms with Gasteiger partial charge in [-0.3, -0.25) is 9.59 Å². The van der Waals surface area contributed by atoms with Gasteiger partial charge in [-0.2, -0.15) is 0 Å². The van der Waals surface area contributed by atoms with E-state index in [1.807, 2.05) is 30.3 Å². The Morgan fingerprint density at radius 2 is 1.73 bits per heavy atom. The highest BCUT2D eigenvalue weighted by atomic mass is 32.2. The van der Waals surface area contributed by atoms with Gasteiger partial charge in [0.2, 0.25) is 10.9 Å². The van der Waals surface area contributed by atoms with Crippen LogP contribution >= 0.6 is 11.8 Å². The normalized spacial score (nSPS) is 10.4. The summed E-state index contributed by atoms with van der Waals surface area (Å²) in [6, 6.07) is 9.48. The number of benzene rings is 1. The molecule has 15 heavy (non-hydrogen) atoms. The monoisotopic (exact) mass is 216 g/mol. The zero-order valence-corrected chi connectivity index (χ0v) is 8.71. The summed E-state index contributed by atoms with van der Waals surface area (Å²) in [5, 5.41) is 0. The molecule has 0 aliphatic rings. The fourth-order valence-corrected chi connectivity index (χ4v) is 2.28. The summed E-state index contributed by atoms with van der Waals surface area (Å²) in [6.07, 6.45) is 1.44. The van der Waals surface area contributed by atoms with E-state index in [1.165, 1.54) is 17.8 Å². The second kappa shape index (κ2) is 3.87. The smallest absolute Gasteiger partial charge is 0.240 e. The Hall–Kier alpha value is -1.61. The maximum Gasteiger partial charge on any atom is 0.240 e. The third-order valence-electron chi connectivity index (χ3n) is 2.07. The van der Waals surface area contributed by atoms with Crippen LogP contribution in [0.1, 0.15) is 5.56 Å². The van der Waals surface area contributed by atoms with E-state index in [9.17, 15) is 9.59 Å². The summed E-state index contributed by atoms with van der Waals surface area (Å²) in [6.45, 7) is 3.52. The molecule has 2 rings (SSSR count). The van der Waals surface area contributed by atoms with Crippen molar-refractivity contribution in [3.8, 4) is 0 Å². The Morgan fingerprint density at radius 1 is 1.07 bits per heavy atom. The standard InChI is InChI=1S/C12H8O2S/c1-2-9-10(13)11(14)12(9)15-8-6-4-3-5-7-8/h2-7H,1H2. The largest absolute Gasteiger partial charge is 0.285 e. The highest BCUT2D eigenvalue weighted by molar-refractivity contribution is 7.99. The molecule has 0 unspecified atom stereocenters. The third-order valence-corrected chi connectivity index (χ3v) is 3.19. The zero-order valence-electron chi connectivity index (χ0n) is 7.90. The van der Waals surface area contributed by atoms with Crippen LogP contribution in [0.25, 0.3) is 6.08 Å². The van der Waals surface area contributed by atoms with Gasteiger partial charge in [-0.15, -0.1) is 0 Å². The Bertz CT molecular complexity index is 563. The molecule has 0 saturated heterocycles. The molecular weight excluding hydrogens is 208 g/mol. The van der Waals surface area contributed by atoms with E-state index in [1.54, 1.807) is 0 Å². The van der Waals surface area contributed by atoms with Gasteiger partial charge in [0.25, 0.3) is 0 Å². The van der Waals surface area contributed by atoms with Crippen LogP contribution in [0.15, 0.2) is 56.3 Å². The number of hydrogen-bond acceptors (Lipinski definition) is 3. The van der Waals surface area contributed by atoms with Gasteiger partial charge in [0, 0.05) is 10.5 Å². The van der Waals surface area contributed by atoms with Gasteiger partial charge in [0.1, 0.15) is 0 Å². The molecular formula is C12H8O2S. The van der Waals surface area contributed by atoms with E-state index in [4.69, 9.17) is 0 Å². The third kappa shape index (κ3) is 1.66. The fourth-order valence-electron chi connectivity index (χ4n) is 1.28. The Morgan fingerprint density at radius 3 is 2.33 bits per heavy atom. The number of hydrogen-bond donors (Lipinski definition) is 0. The molecule has 74 valence electrons. The average Bonchev–Trinajstić information content (AvgIpc) is 2.29. The number of rotatable bonds is 3. The highest BCUT2D eigenvalue weighted by Gasteiger charge is 2.18. The van der Waals surface area contributed by atoms with Gasteiger partial charge in [-0.25, -0.2) is 0 Å². The Labute approximate surface area is 91.0 Å². The topological polar surface area (TPSA) is 34.1 Å². The van der Waals surface area contributed by atoms with Crippen molar-refractivity contribution in [1.29, 1.82) is 0 Å². The van der Waals surface area contributed by atoms with Crippen LogP contribution in [0.4, 0.5) is 0 Å². The van der Waals surface area contributed by atoms with Crippen molar-refractivity contribution in [2.45, 2.75) is 9.79 Å². The van der Waals surface area contributed by atoms with Gasteiger partial charge in [0.05, 0.1) is 4.90 Å². The molecule has 2 nitrogen and oxygen atoms in total. The van der Waals surface area contributed by atoms with Gasteiger partial charge >= 0.3 is 0 Å². The molecule has 0 spiro atoms. The van der Waals surface area contributed by atoms with E-state index < -0.39 is 10.9 Å². The maximum absolute atomic E-state index is 11.3. The van der Waals surface area contributed by atoms with E-state index >= 15 is 0 Å². The molecule has 2 aromatic rings. The molecule has 0 N–H and O–H groups in total. The lowest BCUT2D eigenvalue weighted by Gasteiger charge is -2.05. The molecule has 0 heterocycles. The molecule has 0 atom stereocenters. The van der Waals surface area contributed by atoms with E-state index in [0.29, 0.717) is 10.5 Å². The van der Waals surface area contributed by atoms with Crippen molar-refractivity contribution in [1.82, 2.24) is 0 Å². The SMILES string of the molecule is C=Cc1c(Sc2ccccc2)c(=O)c1=O. The highest BCUT2D eigenvalue weighted by Crippen LogP contribution is 2.27. The van der Waals surface area contributed by atoms with Crippen LogP contribution in [-0.4, -0.2) is 0 Å². The van der Waals surface area contributed by atoms with Gasteiger partial charge in [-0.1, -0.05) is 42.6 Å². The first-order chi connectivity index (χ1) is 7.24.